The predicted octanol–water partition coefficient (Wildman–Crippen LogP) is 1.48. The lowest BCUT2D eigenvalue weighted by atomic mass is 10.3. The average molecular weight is 278 g/mol. The van der Waals surface area contributed by atoms with Crippen molar-refractivity contribution in [2.45, 2.75) is 13.0 Å². The maximum atomic E-state index is 13.1. The summed E-state index contributed by atoms with van der Waals surface area (Å²) in [6.07, 6.45) is 0.966. The van der Waals surface area contributed by atoms with E-state index in [1.807, 2.05) is 0 Å². The summed E-state index contributed by atoms with van der Waals surface area (Å²) in [5, 5.41) is 0. The van der Waals surface area contributed by atoms with Gasteiger partial charge in [-0.15, -0.1) is 0 Å². The van der Waals surface area contributed by atoms with E-state index in [2.05, 4.69) is 20.7 Å². The zero-order valence-electron chi connectivity index (χ0n) is 8.16. The van der Waals surface area contributed by atoms with Gasteiger partial charge < -0.3 is 4.74 Å². The number of aromatic nitrogens is 1. The van der Waals surface area contributed by atoms with Crippen LogP contribution in [0.3, 0.4) is 0 Å². The summed E-state index contributed by atoms with van der Waals surface area (Å²) in [6.45, 7) is 1.46. The highest BCUT2D eigenvalue weighted by molar-refractivity contribution is 9.10. The zero-order chi connectivity index (χ0) is 11.6. The molecule has 15 heavy (non-hydrogen) atoms. The molecule has 0 unspecified atom stereocenters. The number of carbonyl (C=O) groups is 1. The Balaban J connectivity index is 3.21. The Morgan fingerprint density at radius 1 is 1.67 bits per heavy atom. The molecule has 1 atom stereocenters. The lowest BCUT2D eigenvalue weighted by Gasteiger charge is -2.12. The number of nitrogens with zero attached hydrogens (tertiary/aromatic N) is 1. The Labute approximate surface area is 93.8 Å². The number of halogens is 2. The fourth-order valence-electron chi connectivity index (χ4n) is 1.09. The predicted molar refractivity (Wildman–Crippen MR) is 55.1 cm³/mol. The van der Waals surface area contributed by atoms with Crippen LogP contribution in [-0.2, 0) is 9.53 Å². The second-order valence-electron chi connectivity index (χ2n) is 2.91. The maximum Gasteiger partial charge on any atom is 0.328 e. The first-order valence-electron chi connectivity index (χ1n) is 4.12. The summed E-state index contributed by atoms with van der Waals surface area (Å²) >= 11 is 2.88. The average Bonchev–Trinajstić information content (AvgIpc) is 2.21. The highest BCUT2D eigenvalue weighted by Gasteiger charge is 2.17. The van der Waals surface area contributed by atoms with Crippen molar-refractivity contribution < 1.29 is 13.9 Å². The van der Waals surface area contributed by atoms with Gasteiger partial charge in [-0.1, -0.05) is 0 Å². The van der Waals surface area contributed by atoms with Crippen LogP contribution in [0.25, 0.3) is 0 Å². The van der Waals surface area contributed by atoms with Crippen LogP contribution in [0.15, 0.2) is 21.5 Å². The molecule has 0 aliphatic carbocycles. The molecule has 0 bridgehead atoms. The Hall–Kier alpha value is -1.17. The zero-order valence-corrected chi connectivity index (χ0v) is 9.75. The van der Waals surface area contributed by atoms with E-state index in [1.54, 1.807) is 0 Å². The number of hydrogen-bond donors (Lipinski definition) is 0. The van der Waals surface area contributed by atoms with Crippen molar-refractivity contribution in [1.29, 1.82) is 0 Å². The normalized spacial score (nSPS) is 12.3. The minimum Gasteiger partial charge on any atom is -0.467 e. The molecule has 1 heterocycles. The van der Waals surface area contributed by atoms with Crippen molar-refractivity contribution >= 4 is 21.9 Å². The molecule has 0 aliphatic heterocycles. The molecular weight excluding hydrogens is 269 g/mol. The number of carbonyl (C=O) groups excluding carboxylic acids is 1. The van der Waals surface area contributed by atoms with Crippen LogP contribution in [0, 0.1) is 5.82 Å². The van der Waals surface area contributed by atoms with Crippen LogP contribution >= 0.6 is 15.9 Å². The van der Waals surface area contributed by atoms with Crippen molar-refractivity contribution in [3.8, 4) is 0 Å². The molecule has 1 rings (SSSR count). The molecule has 1 aromatic rings. The van der Waals surface area contributed by atoms with Crippen LogP contribution in [-0.4, -0.2) is 17.6 Å². The topological polar surface area (TPSA) is 48.3 Å². The van der Waals surface area contributed by atoms with Gasteiger partial charge in [0, 0.05) is 12.3 Å². The van der Waals surface area contributed by atoms with Gasteiger partial charge in [0.05, 0.1) is 11.6 Å². The number of rotatable bonds is 2. The monoisotopic (exact) mass is 277 g/mol. The van der Waals surface area contributed by atoms with Crippen LogP contribution < -0.4 is 5.56 Å². The Morgan fingerprint density at radius 2 is 2.27 bits per heavy atom. The van der Waals surface area contributed by atoms with Gasteiger partial charge in [-0.2, -0.15) is 0 Å². The number of hydrogen-bond acceptors (Lipinski definition) is 3. The van der Waals surface area contributed by atoms with Gasteiger partial charge in [0.25, 0.3) is 5.56 Å². The van der Waals surface area contributed by atoms with Crippen LogP contribution in [0.4, 0.5) is 4.39 Å². The molecule has 82 valence electrons. The highest BCUT2D eigenvalue weighted by atomic mass is 79.9. The molecule has 0 saturated heterocycles. The van der Waals surface area contributed by atoms with Gasteiger partial charge in [-0.05, 0) is 22.9 Å². The molecule has 6 heteroatoms. The quantitative estimate of drug-likeness (QED) is 0.770. The fourth-order valence-corrected chi connectivity index (χ4v) is 1.38. The largest absolute Gasteiger partial charge is 0.467 e. The van der Waals surface area contributed by atoms with Crippen LogP contribution in [0.5, 0.6) is 0 Å². The van der Waals surface area contributed by atoms with Gasteiger partial charge >= 0.3 is 5.97 Å². The molecule has 0 radical (unpaired) electrons. The lowest BCUT2D eigenvalue weighted by molar-refractivity contribution is -0.144. The number of esters is 1. The van der Waals surface area contributed by atoms with E-state index in [4.69, 9.17) is 0 Å². The number of pyridine rings is 1. The third-order valence-electron chi connectivity index (χ3n) is 1.94. The van der Waals surface area contributed by atoms with E-state index in [1.165, 1.54) is 14.0 Å². The molecule has 0 amide bonds. The minimum absolute atomic E-state index is 0.0702. The summed E-state index contributed by atoms with van der Waals surface area (Å²) in [5.74, 6) is -1.20. The standard InChI is InChI=1S/C9H9BrFNO3/c1-5(9(14)15-2)12-4-7(11)6(10)3-8(12)13/h3-5H,1-2H3/t5-/m1/s1. The Bertz CT molecular complexity index is 443. The van der Waals surface area contributed by atoms with Gasteiger partial charge in [-0.3, -0.25) is 9.36 Å². The summed E-state index contributed by atoms with van der Waals surface area (Å²) < 4.78 is 18.6. The molecular formula is C9H9BrFNO3. The van der Waals surface area contributed by atoms with Crippen molar-refractivity contribution in [3.05, 3.63) is 32.9 Å². The van der Waals surface area contributed by atoms with E-state index in [0.29, 0.717) is 0 Å². The lowest BCUT2D eigenvalue weighted by Crippen LogP contribution is -2.28. The third kappa shape index (κ3) is 2.44. The Morgan fingerprint density at radius 3 is 2.80 bits per heavy atom. The first kappa shape index (κ1) is 11.9. The van der Waals surface area contributed by atoms with E-state index >= 15 is 0 Å². The highest BCUT2D eigenvalue weighted by Crippen LogP contribution is 2.13. The van der Waals surface area contributed by atoms with Crippen molar-refractivity contribution in [2.75, 3.05) is 7.11 Å². The third-order valence-corrected chi connectivity index (χ3v) is 2.55. The van der Waals surface area contributed by atoms with Crippen LogP contribution in [0.1, 0.15) is 13.0 Å². The van der Waals surface area contributed by atoms with Crippen molar-refractivity contribution in [3.63, 3.8) is 0 Å². The minimum atomic E-state index is -0.843. The first-order valence-corrected chi connectivity index (χ1v) is 4.91. The van der Waals surface area contributed by atoms with Crippen LogP contribution in [0.2, 0.25) is 0 Å². The molecule has 0 aromatic carbocycles. The summed E-state index contributed by atoms with van der Waals surface area (Å²) in [6, 6.07) is 0.222. The molecule has 0 N–H and O–H groups in total. The molecule has 0 spiro atoms. The number of ether oxygens (including phenoxy) is 1. The van der Waals surface area contributed by atoms with E-state index in [-0.39, 0.29) is 4.47 Å². The first-order chi connectivity index (χ1) is 6.97. The molecule has 0 saturated carbocycles. The van der Waals surface area contributed by atoms with E-state index < -0.39 is 23.4 Å². The SMILES string of the molecule is COC(=O)[C@@H](C)n1cc(F)c(Br)cc1=O. The summed E-state index contributed by atoms with van der Waals surface area (Å²) in [4.78, 5) is 22.6. The maximum absolute atomic E-state index is 13.1. The van der Waals surface area contributed by atoms with Gasteiger partial charge in [0.1, 0.15) is 6.04 Å². The van der Waals surface area contributed by atoms with Gasteiger partial charge in [-0.25, -0.2) is 9.18 Å². The van der Waals surface area contributed by atoms with E-state index in [9.17, 15) is 14.0 Å². The van der Waals surface area contributed by atoms with Gasteiger partial charge in [0.2, 0.25) is 0 Å². The number of methoxy groups -OCH3 is 1. The smallest absolute Gasteiger partial charge is 0.328 e. The molecule has 4 nitrogen and oxygen atoms in total. The van der Waals surface area contributed by atoms with Crippen molar-refractivity contribution in [1.82, 2.24) is 4.57 Å². The Kier molecular flexibility index (Phi) is 3.62. The van der Waals surface area contributed by atoms with Crippen molar-refractivity contribution in [2.24, 2.45) is 0 Å². The fraction of sp³-hybridized carbons (Fsp3) is 0.333. The molecule has 0 aliphatic rings. The molecule has 1 aromatic heterocycles. The second kappa shape index (κ2) is 4.57. The molecule has 0 fully saturated rings. The summed E-state index contributed by atoms with van der Waals surface area (Å²) in [7, 11) is 1.21. The van der Waals surface area contributed by atoms with Gasteiger partial charge in [0.15, 0.2) is 5.82 Å². The second-order valence-corrected chi connectivity index (χ2v) is 3.77. The van der Waals surface area contributed by atoms with E-state index in [0.717, 1.165) is 16.8 Å². The summed E-state index contributed by atoms with van der Waals surface area (Å²) in [5.41, 5.74) is -0.471.